The first-order chi connectivity index (χ1) is 10.1. The molecule has 0 fully saturated rings. The zero-order valence-corrected chi connectivity index (χ0v) is 12.4. The Labute approximate surface area is 126 Å². The maximum Gasteiger partial charge on any atom is 0.326 e. The van der Waals surface area contributed by atoms with Crippen LogP contribution in [0.4, 0.5) is 9.93 Å². The van der Waals surface area contributed by atoms with Crippen LogP contribution in [0.1, 0.15) is 26.2 Å². The van der Waals surface area contributed by atoms with Crippen molar-refractivity contribution in [2.45, 2.75) is 32.2 Å². The van der Waals surface area contributed by atoms with Gasteiger partial charge in [0.15, 0.2) is 5.13 Å². The van der Waals surface area contributed by atoms with Crippen molar-refractivity contribution in [1.29, 1.82) is 0 Å². The number of hydrogen-bond acceptors (Lipinski definition) is 4. The third-order valence-electron chi connectivity index (χ3n) is 2.96. The molecular formula is C14H17N3O3S. The molecule has 7 heteroatoms. The Morgan fingerprint density at radius 1 is 1.38 bits per heavy atom. The summed E-state index contributed by atoms with van der Waals surface area (Å²) in [7, 11) is 0. The molecule has 2 amide bonds. The molecule has 0 radical (unpaired) electrons. The first-order valence-corrected chi connectivity index (χ1v) is 7.57. The number of urea groups is 1. The zero-order valence-electron chi connectivity index (χ0n) is 11.6. The number of nitrogens with zero attached hydrogens (tertiary/aromatic N) is 1. The van der Waals surface area contributed by atoms with E-state index in [-0.39, 0.29) is 0 Å². The maximum atomic E-state index is 11.8. The Hall–Kier alpha value is -2.15. The number of carboxylic acid groups (broad SMARTS) is 1. The number of carbonyl (C=O) groups excluding carboxylic acids is 1. The second-order valence-electron chi connectivity index (χ2n) is 4.62. The molecule has 6 nitrogen and oxygen atoms in total. The Balaban J connectivity index is 1.98. The SMILES string of the molecule is CCCC[C@H](NC(=O)Nc1nc2ccccc2s1)C(=O)O. The molecule has 0 aliphatic carbocycles. The quantitative estimate of drug-likeness (QED) is 0.765. The van der Waals surface area contributed by atoms with Gasteiger partial charge in [-0.3, -0.25) is 5.32 Å². The minimum absolute atomic E-state index is 0.416. The number of aliphatic carboxylic acids is 1. The molecule has 3 N–H and O–H groups in total. The molecule has 0 bridgehead atoms. The highest BCUT2D eigenvalue weighted by atomic mass is 32.1. The van der Waals surface area contributed by atoms with Crippen LogP contribution in [-0.2, 0) is 4.79 Å². The molecule has 1 aromatic heterocycles. The lowest BCUT2D eigenvalue weighted by atomic mass is 10.1. The van der Waals surface area contributed by atoms with Gasteiger partial charge in [-0.2, -0.15) is 0 Å². The zero-order chi connectivity index (χ0) is 15.2. The average Bonchev–Trinajstić information content (AvgIpc) is 2.85. The van der Waals surface area contributed by atoms with E-state index in [9.17, 15) is 9.59 Å². The van der Waals surface area contributed by atoms with Gasteiger partial charge >= 0.3 is 12.0 Å². The first kappa shape index (κ1) is 15.2. The molecule has 0 saturated carbocycles. The highest BCUT2D eigenvalue weighted by molar-refractivity contribution is 7.22. The van der Waals surface area contributed by atoms with E-state index in [0.717, 1.165) is 23.1 Å². The van der Waals surface area contributed by atoms with Crippen molar-refractivity contribution in [3.05, 3.63) is 24.3 Å². The van der Waals surface area contributed by atoms with Gasteiger partial charge in [0, 0.05) is 0 Å². The van der Waals surface area contributed by atoms with E-state index in [1.807, 2.05) is 31.2 Å². The van der Waals surface area contributed by atoms with Gasteiger partial charge in [-0.1, -0.05) is 43.2 Å². The lowest BCUT2D eigenvalue weighted by Gasteiger charge is -2.13. The van der Waals surface area contributed by atoms with Crippen molar-refractivity contribution in [2.75, 3.05) is 5.32 Å². The third kappa shape index (κ3) is 4.16. The molecule has 0 spiro atoms. The highest BCUT2D eigenvalue weighted by Gasteiger charge is 2.19. The number of nitrogens with one attached hydrogen (secondary N) is 2. The van der Waals surface area contributed by atoms with Crippen LogP contribution in [0, 0.1) is 0 Å². The summed E-state index contributed by atoms with van der Waals surface area (Å²) in [4.78, 5) is 27.2. The average molecular weight is 307 g/mol. The summed E-state index contributed by atoms with van der Waals surface area (Å²) in [6, 6.07) is 6.12. The molecule has 0 aliphatic heterocycles. The summed E-state index contributed by atoms with van der Waals surface area (Å²) in [5, 5.41) is 14.6. The van der Waals surface area contributed by atoms with Gasteiger partial charge in [0.05, 0.1) is 10.2 Å². The lowest BCUT2D eigenvalue weighted by molar-refractivity contribution is -0.139. The van der Waals surface area contributed by atoms with Gasteiger partial charge in [0.25, 0.3) is 0 Å². The molecule has 1 heterocycles. The van der Waals surface area contributed by atoms with Crippen LogP contribution in [0.3, 0.4) is 0 Å². The monoisotopic (exact) mass is 307 g/mol. The fraction of sp³-hybridized carbons (Fsp3) is 0.357. The summed E-state index contributed by atoms with van der Waals surface area (Å²) in [5.41, 5.74) is 0.804. The van der Waals surface area contributed by atoms with Crippen LogP contribution in [0.25, 0.3) is 10.2 Å². The van der Waals surface area contributed by atoms with Crippen LogP contribution in [0.5, 0.6) is 0 Å². The Morgan fingerprint density at radius 3 is 2.81 bits per heavy atom. The minimum atomic E-state index is -1.03. The van der Waals surface area contributed by atoms with Crippen molar-refractivity contribution in [2.24, 2.45) is 0 Å². The number of carboxylic acids is 1. The molecule has 1 aromatic carbocycles. The Morgan fingerprint density at radius 2 is 2.14 bits per heavy atom. The Bertz CT molecular complexity index is 608. The van der Waals surface area contributed by atoms with E-state index in [0.29, 0.717) is 11.6 Å². The summed E-state index contributed by atoms with van der Waals surface area (Å²) >= 11 is 1.35. The van der Waals surface area contributed by atoms with Crippen molar-refractivity contribution in [1.82, 2.24) is 10.3 Å². The molecule has 2 rings (SSSR count). The standard InChI is InChI=1S/C14H17N3O3S/c1-2-3-6-10(12(18)19)15-13(20)17-14-16-9-7-4-5-8-11(9)21-14/h4-5,7-8,10H,2-3,6H2,1H3,(H,18,19)(H2,15,16,17,20)/t10-/m0/s1. The smallest absolute Gasteiger partial charge is 0.326 e. The van der Waals surface area contributed by atoms with Crippen LogP contribution in [0.2, 0.25) is 0 Å². The predicted octanol–water partition coefficient (Wildman–Crippen LogP) is 3.06. The maximum absolute atomic E-state index is 11.8. The number of aromatic nitrogens is 1. The second-order valence-corrected chi connectivity index (χ2v) is 5.65. The van der Waals surface area contributed by atoms with Crippen LogP contribution >= 0.6 is 11.3 Å². The third-order valence-corrected chi connectivity index (χ3v) is 3.92. The molecule has 0 saturated heterocycles. The summed E-state index contributed by atoms with van der Waals surface area (Å²) in [6.07, 6.45) is 2.04. The molecule has 112 valence electrons. The largest absolute Gasteiger partial charge is 0.480 e. The summed E-state index contributed by atoms with van der Waals surface area (Å²) < 4.78 is 0.966. The summed E-state index contributed by atoms with van der Waals surface area (Å²) in [5.74, 6) is -1.03. The normalized spacial score (nSPS) is 12.0. The number of amides is 2. The molecule has 21 heavy (non-hydrogen) atoms. The molecular weight excluding hydrogens is 290 g/mol. The number of unbranched alkanes of at least 4 members (excludes halogenated alkanes) is 1. The van der Waals surface area contributed by atoms with Crippen LogP contribution < -0.4 is 10.6 Å². The Kier molecular flexibility index (Phi) is 5.10. The fourth-order valence-electron chi connectivity index (χ4n) is 1.88. The predicted molar refractivity (Wildman–Crippen MR) is 82.7 cm³/mol. The number of benzene rings is 1. The van der Waals surface area contributed by atoms with E-state index >= 15 is 0 Å². The van der Waals surface area contributed by atoms with Gasteiger partial charge in [-0.05, 0) is 18.6 Å². The molecule has 2 aromatic rings. The van der Waals surface area contributed by atoms with Crippen molar-refractivity contribution in [3.63, 3.8) is 0 Å². The van der Waals surface area contributed by atoms with Crippen LogP contribution in [-0.4, -0.2) is 28.1 Å². The van der Waals surface area contributed by atoms with Crippen molar-refractivity contribution < 1.29 is 14.7 Å². The van der Waals surface area contributed by atoms with Crippen LogP contribution in [0.15, 0.2) is 24.3 Å². The molecule has 0 aliphatic rings. The highest BCUT2D eigenvalue weighted by Crippen LogP contribution is 2.25. The van der Waals surface area contributed by atoms with E-state index < -0.39 is 18.0 Å². The van der Waals surface area contributed by atoms with Gasteiger partial charge in [0.1, 0.15) is 6.04 Å². The van der Waals surface area contributed by atoms with Crippen molar-refractivity contribution in [3.8, 4) is 0 Å². The number of para-hydroxylation sites is 1. The fourth-order valence-corrected chi connectivity index (χ4v) is 2.74. The first-order valence-electron chi connectivity index (χ1n) is 6.76. The van der Waals surface area contributed by atoms with Gasteiger partial charge < -0.3 is 10.4 Å². The number of hydrogen-bond donors (Lipinski definition) is 3. The van der Waals surface area contributed by atoms with Crippen molar-refractivity contribution >= 4 is 38.7 Å². The summed E-state index contributed by atoms with van der Waals surface area (Å²) in [6.45, 7) is 1.97. The van der Waals surface area contributed by atoms with Gasteiger partial charge in [0.2, 0.25) is 0 Å². The van der Waals surface area contributed by atoms with E-state index in [2.05, 4.69) is 15.6 Å². The van der Waals surface area contributed by atoms with E-state index in [1.165, 1.54) is 11.3 Å². The number of anilines is 1. The second kappa shape index (κ2) is 7.03. The van der Waals surface area contributed by atoms with E-state index in [4.69, 9.17) is 5.11 Å². The number of thiazole rings is 1. The minimum Gasteiger partial charge on any atom is -0.480 e. The van der Waals surface area contributed by atoms with Gasteiger partial charge in [-0.15, -0.1) is 0 Å². The molecule has 1 atom stereocenters. The van der Waals surface area contributed by atoms with E-state index in [1.54, 1.807) is 0 Å². The lowest BCUT2D eigenvalue weighted by Crippen LogP contribution is -2.42. The molecule has 0 unspecified atom stereocenters. The van der Waals surface area contributed by atoms with Gasteiger partial charge in [-0.25, -0.2) is 14.6 Å². The number of fused-ring (bicyclic) bond motifs is 1. The number of carbonyl (C=O) groups is 2. The topological polar surface area (TPSA) is 91.3 Å². The number of rotatable bonds is 6.